The Kier molecular flexibility index (Phi) is 3.09. The van der Waals surface area contributed by atoms with Gasteiger partial charge in [0, 0.05) is 25.6 Å². The molecule has 0 aliphatic carbocycles. The van der Waals surface area contributed by atoms with Crippen molar-refractivity contribution in [2.45, 2.75) is 37.8 Å². The minimum atomic E-state index is -0.354. The van der Waals surface area contributed by atoms with Crippen molar-refractivity contribution >= 4 is 5.78 Å². The molecule has 0 saturated carbocycles. The summed E-state index contributed by atoms with van der Waals surface area (Å²) in [4.78, 5) is 11.8. The average Bonchev–Trinajstić information content (AvgIpc) is 2.65. The first-order valence-corrected chi connectivity index (χ1v) is 5.64. The van der Waals surface area contributed by atoms with Gasteiger partial charge in [-0.2, -0.15) is 0 Å². The molecular formula is C11H19NO3. The number of carbonyl (C=O) groups excluding carboxylic acids is 1. The molecule has 2 unspecified atom stereocenters. The lowest BCUT2D eigenvalue weighted by Gasteiger charge is -2.36. The Morgan fingerprint density at radius 1 is 1.53 bits per heavy atom. The fourth-order valence-electron chi connectivity index (χ4n) is 2.51. The number of hydrogen-bond acceptors (Lipinski definition) is 4. The number of Topliss-reactive ketones (excluding diaryl/α,β-unsaturated/α-hetero) is 1. The van der Waals surface area contributed by atoms with Crippen molar-refractivity contribution in [3.05, 3.63) is 0 Å². The summed E-state index contributed by atoms with van der Waals surface area (Å²) in [6, 6.07) is -0.354. The van der Waals surface area contributed by atoms with Gasteiger partial charge in [-0.25, -0.2) is 0 Å². The monoisotopic (exact) mass is 213 g/mol. The number of ketones is 1. The number of rotatable bonds is 2. The summed E-state index contributed by atoms with van der Waals surface area (Å²) in [5.74, 6) is 0.241. The molecule has 4 heteroatoms. The fourth-order valence-corrected chi connectivity index (χ4v) is 2.51. The van der Waals surface area contributed by atoms with Crippen molar-refractivity contribution in [1.82, 2.24) is 0 Å². The second-order valence-corrected chi connectivity index (χ2v) is 4.71. The van der Waals surface area contributed by atoms with Crippen LogP contribution in [0.25, 0.3) is 0 Å². The minimum absolute atomic E-state index is 0.0699. The van der Waals surface area contributed by atoms with Crippen LogP contribution in [-0.4, -0.2) is 37.2 Å². The van der Waals surface area contributed by atoms with Gasteiger partial charge in [-0.15, -0.1) is 0 Å². The Balaban J connectivity index is 2.00. The van der Waals surface area contributed by atoms with Crippen molar-refractivity contribution in [3.63, 3.8) is 0 Å². The molecule has 0 aromatic heterocycles. The predicted octanol–water partition coefficient (Wildman–Crippen LogP) is 0.488. The molecule has 2 heterocycles. The molecule has 0 bridgehead atoms. The Hall–Kier alpha value is -0.450. The normalized spacial score (nSPS) is 38.1. The molecule has 86 valence electrons. The van der Waals surface area contributed by atoms with Gasteiger partial charge in [0.05, 0.1) is 18.2 Å². The van der Waals surface area contributed by atoms with E-state index in [1.807, 2.05) is 0 Å². The van der Waals surface area contributed by atoms with Crippen LogP contribution in [0.4, 0.5) is 0 Å². The molecule has 3 atom stereocenters. The van der Waals surface area contributed by atoms with E-state index in [1.54, 1.807) is 6.92 Å². The zero-order chi connectivity index (χ0) is 10.9. The Morgan fingerprint density at radius 2 is 2.33 bits per heavy atom. The highest BCUT2D eigenvalue weighted by atomic mass is 16.6. The molecule has 0 aromatic rings. The third-order valence-corrected chi connectivity index (χ3v) is 3.41. The van der Waals surface area contributed by atoms with Crippen LogP contribution in [0, 0.1) is 5.92 Å². The molecule has 2 N–H and O–H groups in total. The van der Waals surface area contributed by atoms with Gasteiger partial charge in [0.1, 0.15) is 0 Å². The van der Waals surface area contributed by atoms with Crippen LogP contribution in [-0.2, 0) is 14.3 Å². The van der Waals surface area contributed by atoms with Crippen LogP contribution in [0.5, 0.6) is 0 Å². The third-order valence-electron chi connectivity index (χ3n) is 3.41. The van der Waals surface area contributed by atoms with Gasteiger partial charge in [-0.3, -0.25) is 4.79 Å². The number of ether oxygens (including phenoxy) is 2. The highest BCUT2D eigenvalue weighted by Crippen LogP contribution is 2.36. The van der Waals surface area contributed by atoms with Crippen molar-refractivity contribution in [2.75, 3.05) is 19.8 Å². The van der Waals surface area contributed by atoms with Crippen molar-refractivity contribution < 1.29 is 14.3 Å². The molecule has 2 aliphatic heterocycles. The van der Waals surface area contributed by atoms with Gasteiger partial charge in [0.25, 0.3) is 0 Å². The van der Waals surface area contributed by atoms with Crippen LogP contribution in [0.1, 0.15) is 26.2 Å². The van der Waals surface area contributed by atoms with Gasteiger partial charge in [0.2, 0.25) is 0 Å². The topological polar surface area (TPSA) is 61.6 Å². The van der Waals surface area contributed by atoms with Gasteiger partial charge >= 0.3 is 0 Å². The molecule has 2 saturated heterocycles. The average molecular weight is 213 g/mol. The maximum Gasteiger partial charge on any atom is 0.152 e. The van der Waals surface area contributed by atoms with Crippen molar-refractivity contribution in [3.8, 4) is 0 Å². The van der Waals surface area contributed by atoms with E-state index < -0.39 is 0 Å². The fraction of sp³-hybridized carbons (Fsp3) is 0.909. The molecule has 0 radical (unpaired) electrons. The van der Waals surface area contributed by atoms with E-state index in [2.05, 4.69) is 0 Å². The smallest absolute Gasteiger partial charge is 0.152 e. The summed E-state index contributed by atoms with van der Waals surface area (Å²) in [6.45, 7) is 3.80. The molecule has 1 spiro atoms. The number of hydrogen-bond donors (Lipinski definition) is 1. The summed E-state index contributed by atoms with van der Waals surface area (Å²) >= 11 is 0. The minimum Gasteiger partial charge on any atom is -0.378 e. The van der Waals surface area contributed by atoms with E-state index in [0.29, 0.717) is 13.2 Å². The van der Waals surface area contributed by atoms with E-state index >= 15 is 0 Å². The van der Waals surface area contributed by atoms with Crippen molar-refractivity contribution in [2.24, 2.45) is 11.7 Å². The summed E-state index contributed by atoms with van der Waals surface area (Å²) in [5.41, 5.74) is 5.45. The molecule has 2 fully saturated rings. The molecule has 15 heavy (non-hydrogen) atoms. The van der Waals surface area contributed by atoms with E-state index in [4.69, 9.17) is 15.2 Å². The SMILES string of the molecule is C[C@H](N)C(=O)C1CCOC2(CCOC2)C1. The van der Waals surface area contributed by atoms with Crippen LogP contribution >= 0.6 is 0 Å². The standard InChI is InChI=1S/C11H19NO3/c1-8(12)10(13)9-2-4-15-11(6-9)3-5-14-7-11/h8-9H,2-7,12H2,1H3/t8-,9?,11?/m0/s1. The summed E-state index contributed by atoms with van der Waals surface area (Å²) < 4.78 is 11.1. The first-order valence-electron chi connectivity index (χ1n) is 5.64. The summed E-state index contributed by atoms with van der Waals surface area (Å²) in [5, 5.41) is 0. The second-order valence-electron chi connectivity index (χ2n) is 4.71. The molecule has 2 rings (SSSR count). The lowest BCUT2D eigenvalue weighted by Crippen LogP contribution is -2.45. The predicted molar refractivity (Wildman–Crippen MR) is 55.5 cm³/mol. The van der Waals surface area contributed by atoms with Crippen LogP contribution in [0.2, 0.25) is 0 Å². The quantitative estimate of drug-likeness (QED) is 0.725. The summed E-state index contributed by atoms with van der Waals surface area (Å²) in [6.07, 6.45) is 2.51. The van der Waals surface area contributed by atoms with Crippen molar-refractivity contribution in [1.29, 1.82) is 0 Å². The second kappa shape index (κ2) is 4.20. The molecule has 2 aliphatic rings. The first kappa shape index (κ1) is 11.0. The Morgan fingerprint density at radius 3 is 2.93 bits per heavy atom. The Labute approximate surface area is 90.1 Å². The van der Waals surface area contributed by atoms with Crippen LogP contribution in [0.15, 0.2) is 0 Å². The zero-order valence-electron chi connectivity index (χ0n) is 9.20. The van der Waals surface area contributed by atoms with E-state index in [-0.39, 0.29) is 23.3 Å². The molecule has 0 aromatic carbocycles. The maximum atomic E-state index is 11.8. The summed E-state index contributed by atoms with van der Waals surface area (Å²) in [7, 11) is 0. The van der Waals surface area contributed by atoms with Gasteiger partial charge < -0.3 is 15.2 Å². The maximum absolute atomic E-state index is 11.8. The number of nitrogens with two attached hydrogens (primary N) is 1. The highest BCUT2D eigenvalue weighted by Gasteiger charge is 2.43. The van der Waals surface area contributed by atoms with Gasteiger partial charge in [0.15, 0.2) is 5.78 Å². The Bertz CT molecular complexity index is 246. The van der Waals surface area contributed by atoms with Crippen LogP contribution in [0.3, 0.4) is 0 Å². The molecule has 0 amide bonds. The first-order chi connectivity index (χ1) is 7.13. The van der Waals surface area contributed by atoms with E-state index in [0.717, 1.165) is 25.9 Å². The highest BCUT2D eigenvalue weighted by molar-refractivity contribution is 5.85. The molecule has 4 nitrogen and oxygen atoms in total. The van der Waals surface area contributed by atoms with Gasteiger partial charge in [-0.1, -0.05) is 0 Å². The van der Waals surface area contributed by atoms with E-state index in [9.17, 15) is 4.79 Å². The molecular weight excluding hydrogens is 194 g/mol. The van der Waals surface area contributed by atoms with E-state index in [1.165, 1.54) is 0 Å². The van der Waals surface area contributed by atoms with Gasteiger partial charge in [-0.05, 0) is 19.8 Å². The lowest BCUT2D eigenvalue weighted by molar-refractivity contribution is -0.137. The number of carbonyl (C=O) groups is 1. The largest absolute Gasteiger partial charge is 0.378 e. The lowest BCUT2D eigenvalue weighted by atomic mass is 9.81. The third kappa shape index (κ3) is 2.22. The zero-order valence-corrected chi connectivity index (χ0v) is 9.20. The van der Waals surface area contributed by atoms with Crippen LogP contribution < -0.4 is 5.73 Å².